The van der Waals surface area contributed by atoms with Crippen molar-refractivity contribution in [3.05, 3.63) is 11.6 Å². The average Bonchev–Trinajstić information content (AvgIpc) is 2.03. The zero-order valence-corrected chi connectivity index (χ0v) is 9.51. The fourth-order valence-electron chi connectivity index (χ4n) is 1.41. The van der Waals surface area contributed by atoms with Gasteiger partial charge in [-0.05, 0) is 45.4 Å². The minimum absolute atomic E-state index is 0.0956. The Labute approximate surface area is 82.9 Å². The predicted octanol–water partition coefficient (Wildman–Crippen LogP) is 3.53. The molecule has 0 aliphatic rings. The first-order chi connectivity index (χ1) is 6.06. The van der Waals surface area contributed by atoms with Gasteiger partial charge in [0.2, 0.25) is 0 Å². The van der Waals surface area contributed by atoms with Crippen LogP contribution in [0.2, 0.25) is 0 Å². The molecule has 13 heavy (non-hydrogen) atoms. The van der Waals surface area contributed by atoms with Crippen LogP contribution in [0.4, 0.5) is 0 Å². The molecule has 2 atom stereocenters. The van der Waals surface area contributed by atoms with Crippen LogP contribution in [0.15, 0.2) is 11.6 Å². The fourth-order valence-corrected chi connectivity index (χ4v) is 1.41. The van der Waals surface area contributed by atoms with E-state index >= 15 is 0 Å². The van der Waals surface area contributed by atoms with E-state index in [4.69, 9.17) is 0 Å². The van der Waals surface area contributed by atoms with Gasteiger partial charge in [-0.2, -0.15) is 0 Å². The summed E-state index contributed by atoms with van der Waals surface area (Å²) in [6, 6.07) is 0. The van der Waals surface area contributed by atoms with Crippen LogP contribution in [0.25, 0.3) is 0 Å². The SMILES string of the molecule is CCC(O)CC(C)CCC=C(C)C. The van der Waals surface area contributed by atoms with Crippen molar-refractivity contribution in [2.24, 2.45) is 5.92 Å². The van der Waals surface area contributed by atoms with Crippen LogP contribution in [0.1, 0.15) is 53.4 Å². The zero-order chi connectivity index (χ0) is 10.3. The first-order valence-electron chi connectivity index (χ1n) is 5.37. The second kappa shape index (κ2) is 7.14. The lowest BCUT2D eigenvalue weighted by Gasteiger charge is -2.13. The van der Waals surface area contributed by atoms with Crippen LogP contribution in [0.5, 0.6) is 0 Å². The molecule has 0 rings (SSSR count). The van der Waals surface area contributed by atoms with Gasteiger partial charge in [0.15, 0.2) is 0 Å². The highest BCUT2D eigenvalue weighted by atomic mass is 16.3. The van der Waals surface area contributed by atoms with Gasteiger partial charge in [0.25, 0.3) is 0 Å². The van der Waals surface area contributed by atoms with Crippen molar-refractivity contribution in [1.82, 2.24) is 0 Å². The van der Waals surface area contributed by atoms with Crippen LogP contribution >= 0.6 is 0 Å². The van der Waals surface area contributed by atoms with Gasteiger partial charge < -0.3 is 5.11 Å². The van der Waals surface area contributed by atoms with E-state index in [0.29, 0.717) is 5.92 Å². The van der Waals surface area contributed by atoms with Gasteiger partial charge >= 0.3 is 0 Å². The van der Waals surface area contributed by atoms with E-state index < -0.39 is 0 Å². The van der Waals surface area contributed by atoms with Gasteiger partial charge in [0.05, 0.1) is 6.10 Å². The molecule has 0 aliphatic carbocycles. The van der Waals surface area contributed by atoms with E-state index in [0.717, 1.165) is 19.3 Å². The maximum atomic E-state index is 9.42. The lowest BCUT2D eigenvalue weighted by Crippen LogP contribution is -2.09. The van der Waals surface area contributed by atoms with Crippen molar-refractivity contribution in [3.8, 4) is 0 Å². The van der Waals surface area contributed by atoms with E-state index in [9.17, 15) is 5.11 Å². The lowest BCUT2D eigenvalue weighted by molar-refractivity contribution is 0.139. The van der Waals surface area contributed by atoms with Crippen molar-refractivity contribution in [2.45, 2.75) is 59.5 Å². The first kappa shape index (κ1) is 12.7. The highest BCUT2D eigenvalue weighted by Crippen LogP contribution is 2.15. The molecule has 1 nitrogen and oxygen atoms in total. The molecule has 0 aromatic carbocycles. The Morgan fingerprint density at radius 3 is 2.46 bits per heavy atom. The third-order valence-corrected chi connectivity index (χ3v) is 2.36. The number of allylic oxidation sites excluding steroid dienone is 2. The second-order valence-electron chi connectivity index (χ2n) is 4.26. The highest BCUT2D eigenvalue weighted by Gasteiger charge is 2.07. The number of hydrogen-bond donors (Lipinski definition) is 1. The van der Waals surface area contributed by atoms with Gasteiger partial charge in [-0.15, -0.1) is 0 Å². The van der Waals surface area contributed by atoms with Crippen molar-refractivity contribution in [1.29, 1.82) is 0 Å². The summed E-state index contributed by atoms with van der Waals surface area (Å²) in [6.07, 6.45) is 6.36. The minimum atomic E-state index is -0.0956. The molecule has 0 aliphatic heterocycles. The molecule has 0 aromatic rings. The van der Waals surface area contributed by atoms with E-state index in [1.807, 2.05) is 6.92 Å². The summed E-state index contributed by atoms with van der Waals surface area (Å²) >= 11 is 0. The highest BCUT2D eigenvalue weighted by molar-refractivity contribution is 4.92. The number of hydrogen-bond acceptors (Lipinski definition) is 1. The predicted molar refractivity (Wildman–Crippen MR) is 58.7 cm³/mol. The Kier molecular flexibility index (Phi) is 6.97. The Morgan fingerprint density at radius 1 is 1.38 bits per heavy atom. The summed E-state index contributed by atoms with van der Waals surface area (Å²) in [4.78, 5) is 0. The second-order valence-corrected chi connectivity index (χ2v) is 4.26. The van der Waals surface area contributed by atoms with Gasteiger partial charge in [-0.3, -0.25) is 0 Å². The molecule has 0 spiro atoms. The molecule has 0 fully saturated rings. The van der Waals surface area contributed by atoms with Crippen LogP contribution in [0, 0.1) is 5.92 Å². The van der Waals surface area contributed by atoms with Crippen molar-refractivity contribution in [2.75, 3.05) is 0 Å². The summed E-state index contributed by atoms with van der Waals surface area (Å²) in [7, 11) is 0. The smallest absolute Gasteiger partial charge is 0.0540 e. The maximum absolute atomic E-state index is 9.42. The van der Waals surface area contributed by atoms with Crippen LogP contribution in [-0.4, -0.2) is 11.2 Å². The number of aliphatic hydroxyl groups excluding tert-OH is 1. The van der Waals surface area contributed by atoms with Gasteiger partial charge in [0, 0.05) is 0 Å². The quantitative estimate of drug-likeness (QED) is 0.626. The summed E-state index contributed by atoms with van der Waals surface area (Å²) in [5.74, 6) is 0.644. The zero-order valence-electron chi connectivity index (χ0n) is 9.51. The summed E-state index contributed by atoms with van der Waals surface area (Å²) in [5, 5.41) is 9.42. The third kappa shape index (κ3) is 8.04. The van der Waals surface area contributed by atoms with Gasteiger partial charge in [-0.1, -0.05) is 25.5 Å². The Bertz CT molecular complexity index is 145. The molecule has 0 saturated heterocycles. The number of aliphatic hydroxyl groups is 1. The van der Waals surface area contributed by atoms with E-state index in [-0.39, 0.29) is 6.10 Å². The fraction of sp³-hybridized carbons (Fsp3) is 0.833. The normalized spacial score (nSPS) is 15.2. The number of rotatable bonds is 6. The largest absolute Gasteiger partial charge is 0.393 e. The molecule has 0 bridgehead atoms. The van der Waals surface area contributed by atoms with Crippen LogP contribution < -0.4 is 0 Å². The standard InChI is InChI=1S/C12H24O/c1-5-12(13)9-11(4)8-6-7-10(2)3/h7,11-13H,5-6,8-9H2,1-4H3. The average molecular weight is 184 g/mol. The molecule has 1 heteroatoms. The summed E-state index contributed by atoms with van der Waals surface area (Å²) in [6.45, 7) is 8.52. The summed E-state index contributed by atoms with van der Waals surface area (Å²) in [5.41, 5.74) is 1.39. The monoisotopic (exact) mass is 184 g/mol. The van der Waals surface area contributed by atoms with Crippen molar-refractivity contribution >= 4 is 0 Å². The Hall–Kier alpha value is -0.300. The van der Waals surface area contributed by atoms with E-state index in [1.54, 1.807) is 0 Å². The topological polar surface area (TPSA) is 20.2 Å². The molecule has 78 valence electrons. The van der Waals surface area contributed by atoms with Crippen LogP contribution in [0.3, 0.4) is 0 Å². The molecule has 0 heterocycles. The molecule has 0 radical (unpaired) electrons. The minimum Gasteiger partial charge on any atom is -0.393 e. The molecule has 2 unspecified atom stereocenters. The molecular formula is C12H24O. The van der Waals surface area contributed by atoms with Crippen LogP contribution in [-0.2, 0) is 0 Å². The van der Waals surface area contributed by atoms with Gasteiger partial charge in [0.1, 0.15) is 0 Å². The third-order valence-electron chi connectivity index (χ3n) is 2.36. The molecule has 0 saturated carbocycles. The Morgan fingerprint density at radius 2 is 2.00 bits per heavy atom. The van der Waals surface area contributed by atoms with E-state index in [2.05, 4.69) is 26.8 Å². The van der Waals surface area contributed by atoms with Crippen molar-refractivity contribution < 1.29 is 5.11 Å². The molecule has 0 aromatic heterocycles. The lowest BCUT2D eigenvalue weighted by atomic mass is 9.97. The molecule has 1 N–H and O–H groups in total. The maximum Gasteiger partial charge on any atom is 0.0540 e. The molecule has 0 amide bonds. The van der Waals surface area contributed by atoms with E-state index in [1.165, 1.54) is 12.0 Å². The summed E-state index contributed by atoms with van der Waals surface area (Å²) < 4.78 is 0. The first-order valence-corrected chi connectivity index (χ1v) is 5.37. The van der Waals surface area contributed by atoms with Gasteiger partial charge in [-0.25, -0.2) is 0 Å². The Balaban J connectivity index is 3.51. The van der Waals surface area contributed by atoms with Crippen molar-refractivity contribution in [3.63, 3.8) is 0 Å². The molecular weight excluding hydrogens is 160 g/mol.